The number of hydrogen-bond acceptors (Lipinski definition) is 6. The Morgan fingerprint density at radius 3 is 2.00 bits per heavy atom. The van der Waals surface area contributed by atoms with Crippen LogP contribution in [0, 0.1) is 14.3 Å². The maximum absolute atomic E-state index is 12.0. The van der Waals surface area contributed by atoms with Gasteiger partial charge in [0.25, 0.3) is 5.78 Å². The molecule has 182 valence electrons. The number of aliphatic carboxylic acids is 2. The smallest absolute Gasteiger partial charge is 0.377 e. The number of ether oxygens (including phenoxy) is 1. The molecule has 0 fully saturated rings. The molecule has 4 N–H and O–H groups in total. The van der Waals surface area contributed by atoms with E-state index in [-0.39, 0.29) is 23.4 Å². The Morgan fingerprint density at radius 2 is 1.46 bits per heavy atom. The fourth-order valence-corrected chi connectivity index (χ4v) is 6.92. The van der Waals surface area contributed by atoms with E-state index >= 15 is 0 Å². The number of hydrogen-bond donors (Lipinski definition) is 4. The van der Waals surface area contributed by atoms with Gasteiger partial charge in [-0.15, -0.1) is 0 Å². The lowest BCUT2D eigenvalue weighted by molar-refractivity contribution is -0.138. The predicted octanol–water partition coefficient (Wildman–Crippen LogP) is 5.98. The Labute approximate surface area is 254 Å². The third kappa shape index (κ3) is 7.09. The summed E-state index contributed by atoms with van der Waals surface area (Å²) in [6.07, 6.45) is 0.0756. The van der Waals surface area contributed by atoms with Crippen molar-refractivity contribution in [3.05, 3.63) is 73.9 Å². The van der Waals surface area contributed by atoms with Gasteiger partial charge in [-0.05, 0) is 132 Å². The van der Waals surface area contributed by atoms with Gasteiger partial charge in [-0.2, -0.15) is 0 Å². The highest BCUT2D eigenvalue weighted by Crippen LogP contribution is 2.37. The molecule has 3 aromatic rings. The Balaban J connectivity index is 1.86. The number of carboxylic acid groups (broad SMARTS) is 2. The van der Waals surface area contributed by atoms with Crippen LogP contribution in [0.5, 0.6) is 17.2 Å². The van der Waals surface area contributed by atoms with Crippen LogP contribution in [0.3, 0.4) is 0 Å². The van der Waals surface area contributed by atoms with Gasteiger partial charge < -0.3 is 25.4 Å². The van der Waals surface area contributed by atoms with E-state index in [1.807, 2.05) is 45.2 Å². The van der Waals surface area contributed by atoms with Crippen LogP contribution in [0.2, 0.25) is 0 Å². The minimum absolute atomic E-state index is 0.0756. The van der Waals surface area contributed by atoms with E-state index in [1.165, 1.54) is 18.2 Å². The van der Waals surface area contributed by atoms with E-state index in [1.54, 1.807) is 30.3 Å². The van der Waals surface area contributed by atoms with Gasteiger partial charge in [-0.3, -0.25) is 4.79 Å². The van der Waals surface area contributed by atoms with Crippen LogP contribution >= 0.6 is 90.4 Å². The highest BCUT2D eigenvalue weighted by Gasteiger charge is 2.24. The first-order valence-corrected chi connectivity index (χ1v) is 14.0. The van der Waals surface area contributed by atoms with Crippen LogP contribution in [0.15, 0.2) is 48.5 Å². The summed E-state index contributed by atoms with van der Waals surface area (Å²) in [6.45, 7) is 0. The molecule has 0 amide bonds. The van der Waals surface area contributed by atoms with Crippen molar-refractivity contribution in [3.8, 4) is 17.2 Å². The summed E-state index contributed by atoms with van der Waals surface area (Å²) < 4.78 is 8.89. The number of nitrogens with one attached hydrogen (secondary N) is 1. The molecule has 0 aliphatic carbocycles. The zero-order chi connectivity index (χ0) is 25.9. The molecule has 1 atom stereocenters. The van der Waals surface area contributed by atoms with Gasteiger partial charge in [-0.25, -0.2) is 9.59 Å². The molecule has 0 bridgehead atoms. The summed E-state index contributed by atoms with van der Waals surface area (Å²) in [4.78, 5) is 35.1. The van der Waals surface area contributed by atoms with Gasteiger partial charge in [-0.1, -0.05) is 12.1 Å². The molecule has 8 nitrogen and oxygen atoms in total. The summed E-state index contributed by atoms with van der Waals surface area (Å²) in [6, 6.07) is 11.8. The number of Topliss-reactive ketones (excluding diaryl/α,β-unsaturated/α-hetero) is 1. The molecule has 0 aliphatic heterocycles. The number of halogens is 4. The SMILES string of the molecule is O=C(O)C(=O)c1ccccc1N[C@@H](Cc1cc(I)c(Oc2cc(I)c(O)c(I)c2)c(I)c1)C(=O)O. The first kappa shape index (κ1) is 28.2. The lowest BCUT2D eigenvalue weighted by atomic mass is 10.0. The number of para-hydroxylation sites is 1. The number of phenolic OH excluding ortho intramolecular Hbond substituents is 1. The predicted molar refractivity (Wildman–Crippen MR) is 163 cm³/mol. The van der Waals surface area contributed by atoms with Crippen LogP contribution in [-0.2, 0) is 16.0 Å². The summed E-state index contributed by atoms with van der Waals surface area (Å²) in [5.74, 6) is -2.54. The third-order valence-electron chi connectivity index (χ3n) is 4.70. The molecule has 0 unspecified atom stereocenters. The second-order valence-corrected chi connectivity index (χ2v) is 11.8. The highest BCUT2D eigenvalue weighted by atomic mass is 127. The lowest BCUT2D eigenvalue weighted by Crippen LogP contribution is -2.32. The average Bonchev–Trinajstić information content (AvgIpc) is 2.79. The second kappa shape index (κ2) is 12.2. The van der Waals surface area contributed by atoms with Crippen molar-refractivity contribution in [2.24, 2.45) is 0 Å². The van der Waals surface area contributed by atoms with Crippen LogP contribution in [-0.4, -0.2) is 39.1 Å². The molecule has 0 aromatic heterocycles. The van der Waals surface area contributed by atoms with Crippen molar-refractivity contribution in [1.82, 2.24) is 0 Å². The zero-order valence-electron chi connectivity index (χ0n) is 17.4. The van der Waals surface area contributed by atoms with E-state index in [0.717, 1.165) is 7.14 Å². The number of carbonyl (C=O) groups excluding carboxylic acids is 1. The van der Waals surface area contributed by atoms with Crippen LogP contribution in [0.25, 0.3) is 0 Å². The third-order valence-corrected chi connectivity index (χ3v) is 7.95. The molecule has 0 spiro atoms. The standard InChI is InChI=1S/C23H15I4NO7/c24-13-8-11(9-14(25)20(13)30)35-21-15(26)5-10(6-16(21)27)7-18(22(31)32)28-17-4-2-1-3-12(17)19(29)23(33)34/h1-6,8-9,18,28,30H,7H2,(H,31,32)(H,33,34)/t18-/m0/s1. The number of benzene rings is 3. The van der Waals surface area contributed by atoms with E-state index in [2.05, 4.69) is 50.5 Å². The van der Waals surface area contributed by atoms with Crippen molar-refractivity contribution in [1.29, 1.82) is 0 Å². The van der Waals surface area contributed by atoms with Crippen molar-refractivity contribution < 1.29 is 34.4 Å². The maximum Gasteiger partial charge on any atom is 0.377 e. The Kier molecular flexibility index (Phi) is 9.83. The molecule has 0 saturated carbocycles. The molecule has 0 saturated heterocycles. The fourth-order valence-electron chi connectivity index (χ4n) is 3.09. The van der Waals surface area contributed by atoms with Crippen molar-refractivity contribution in [2.75, 3.05) is 5.32 Å². The van der Waals surface area contributed by atoms with E-state index in [0.29, 0.717) is 24.2 Å². The molecule has 0 aliphatic rings. The van der Waals surface area contributed by atoms with E-state index < -0.39 is 23.8 Å². The minimum Gasteiger partial charge on any atom is -0.506 e. The number of ketones is 1. The molecule has 35 heavy (non-hydrogen) atoms. The molecule has 3 rings (SSSR count). The summed E-state index contributed by atoms with van der Waals surface area (Å²) in [5, 5.41) is 31.6. The highest BCUT2D eigenvalue weighted by molar-refractivity contribution is 14.1. The number of anilines is 1. The molecule has 0 radical (unpaired) electrons. The average molecular weight is 925 g/mol. The van der Waals surface area contributed by atoms with Gasteiger partial charge in [0.15, 0.2) is 5.75 Å². The minimum atomic E-state index is -1.62. The number of carbonyl (C=O) groups is 3. The lowest BCUT2D eigenvalue weighted by Gasteiger charge is -2.19. The Bertz CT molecular complexity index is 1280. The van der Waals surface area contributed by atoms with Crippen LogP contribution < -0.4 is 10.1 Å². The van der Waals surface area contributed by atoms with Crippen molar-refractivity contribution in [3.63, 3.8) is 0 Å². The molecule has 3 aromatic carbocycles. The van der Waals surface area contributed by atoms with Crippen molar-refractivity contribution >= 4 is 114 Å². The van der Waals surface area contributed by atoms with Gasteiger partial charge in [0.05, 0.1) is 19.8 Å². The van der Waals surface area contributed by atoms with Crippen LogP contribution in [0.1, 0.15) is 15.9 Å². The summed E-state index contributed by atoms with van der Waals surface area (Å²) in [5.41, 5.74) is 0.730. The molecule has 0 heterocycles. The molecular formula is C23H15I4NO7. The van der Waals surface area contributed by atoms with E-state index in [9.17, 15) is 24.6 Å². The first-order chi connectivity index (χ1) is 16.5. The monoisotopic (exact) mass is 925 g/mol. The topological polar surface area (TPSA) is 133 Å². The first-order valence-electron chi connectivity index (χ1n) is 9.67. The summed E-state index contributed by atoms with van der Waals surface area (Å²) in [7, 11) is 0. The molecule has 12 heteroatoms. The largest absolute Gasteiger partial charge is 0.506 e. The number of aromatic hydroxyl groups is 1. The van der Waals surface area contributed by atoms with Gasteiger partial charge in [0.2, 0.25) is 0 Å². The quantitative estimate of drug-likeness (QED) is 0.117. The number of rotatable bonds is 9. The van der Waals surface area contributed by atoms with E-state index in [4.69, 9.17) is 9.84 Å². The second-order valence-electron chi connectivity index (χ2n) is 7.15. The van der Waals surface area contributed by atoms with Crippen molar-refractivity contribution in [2.45, 2.75) is 12.5 Å². The Hall–Kier alpha value is -1.41. The van der Waals surface area contributed by atoms with Crippen LogP contribution in [0.4, 0.5) is 5.69 Å². The Morgan fingerprint density at radius 1 is 0.886 bits per heavy atom. The normalized spacial score (nSPS) is 11.5. The molecular weight excluding hydrogens is 910 g/mol. The maximum atomic E-state index is 12.0. The summed E-state index contributed by atoms with van der Waals surface area (Å²) >= 11 is 8.27. The van der Waals surface area contributed by atoms with Gasteiger partial charge >= 0.3 is 11.9 Å². The zero-order valence-corrected chi connectivity index (χ0v) is 26.0. The number of carboxylic acids is 2. The fraction of sp³-hybridized carbons (Fsp3) is 0.0870. The van der Waals surface area contributed by atoms with Gasteiger partial charge in [0.1, 0.15) is 17.5 Å². The number of phenols is 1. The van der Waals surface area contributed by atoms with Gasteiger partial charge in [0, 0.05) is 12.1 Å².